The number of ether oxygens (including phenoxy) is 1. The molecule has 0 spiro atoms. The molecule has 1 aromatic heterocycles. The van der Waals surface area contributed by atoms with E-state index >= 15 is 0 Å². The Kier molecular flexibility index (Phi) is 5.01. The Morgan fingerprint density at radius 3 is 2.30 bits per heavy atom. The van der Waals surface area contributed by atoms with E-state index in [0.717, 1.165) is 53.3 Å². The van der Waals surface area contributed by atoms with Gasteiger partial charge >= 0.3 is 6.03 Å². The summed E-state index contributed by atoms with van der Waals surface area (Å²) in [5.74, 6) is 2.38. The van der Waals surface area contributed by atoms with Gasteiger partial charge in [0.15, 0.2) is 6.61 Å². The number of carbonyl (C=O) groups is 2. The molecule has 4 aliphatic rings. The van der Waals surface area contributed by atoms with Gasteiger partial charge in [-0.15, -0.1) is 11.3 Å². The van der Waals surface area contributed by atoms with Gasteiger partial charge in [0.1, 0.15) is 10.8 Å². The second-order valence-corrected chi connectivity index (χ2v) is 10.2. The predicted molar refractivity (Wildman–Crippen MR) is 115 cm³/mol. The van der Waals surface area contributed by atoms with Crippen LogP contribution in [0.3, 0.4) is 0 Å². The third-order valence-electron chi connectivity index (χ3n) is 6.76. The van der Waals surface area contributed by atoms with E-state index in [9.17, 15) is 9.59 Å². The Morgan fingerprint density at radius 1 is 1.10 bits per heavy atom. The molecule has 3 amide bonds. The molecule has 0 atom stereocenters. The molecule has 0 radical (unpaired) electrons. The van der Waals surface area contributed by atoms with E-state index < -0.39 is 5.91 Å². The van der Waals surface area contributed by atoms with Gasteiger partial charge in [-0.3, -0.25) is 10.1 Å². The Bertz CT molecular complexity index is 918. The number of thiazole rings is 1. The number of carbonyl (C=O) groups excluding carboxylic acids is 2. The lowest BCUT2D eigenvalue weighted by molar-refractivity contribution is -0.122. The summed E-state index contributed by atoms with van der Waals surface area (Å²) in [7, 11) is 0. The number of nitrogens with zero attached hydrogens (tertiary/aromatic N) is 1. The van der Waals surface area contributed by atoms with Crippen molar-refractivity contribution in [2.75, 3.05) is 6.61 Å². The first kappa shape index (κ1) is 19.5. The fraction of sp³-hybridized carbons (Fsp3) is 0.522. The van der Waals surface area contributed by atoms with Crippen LogP contribution < -0.4 is 15.4 Å². The quantitative estimate of drug-likeness (QED) is 0.749. The summed E-state index contributed by atoms with van der Waals surface area (Å²) in [6.45, 7) is 1.78. The topological polar surface area (TPSA) is 80.3 Å². The van der Waals surface area contributed by atoms with Crippen molar-refractivity contribution in [1.82, 2.24) is 15.6 Å². The number of aryl methyl sites for hydroxylation is 1. The lowest BCUT2D eigenvalue weighted by Crippen LogP contribution is -2.62. The number of hydrogen-bond donors (Lipinski definition) is 2. The second-order valence-electron chi connectivity index (χ2n) is 9.31. The van der Waals surface area contributed by atoms with Crippen LogP contribution in [0.5, 0.6) is 5.75 Å². The minimum atomic E-state index is -0.433. The largest absolute Gasteiger partial charge is 0.484 e. The highest BCUT2D eigenvalue weighted by Crippen LogP contribution is 2.55. The van der Waals surface area contributed by atoms with E-state index in [1.165, 1.54) is 19.3 Å². The minimum Gasteiger partial charge on any atom is -0.484 e. The molecular weight excluding hydrogens is 398 g/mol. The van der Waals surface area contributed by atoms with Crippen molar-refractivity contribution in [3.05, 3.63) is 35.3 Å². The highest BCUT2D eigenvalue weighted by atomic mass is 32.1. The molecule has 6 nitrogen and oxygen atoms in total. The third kappa shape index (κ3) is 4.08. The maximum atomic E-state index is 12.4. The number of urea groups is 1. The first-order chi connectivity index (χ1) is 14.5. The summed E-state index contributed by atoms with van der Waals surface area (Å²) in [5.41, 5.74) is 1.91. The highest BCUT2D eigenvalue weighted by molar-refractivity contribution is 7.13. The molecule has 2 aromatic rings. The van der Waals surface area contributed by atoms with E-state index in [-0.39, 0.29) is 18.2 Å². The number of nitrogens with one attached hydrogen (secondary N) is 2. The molecule has 0 saturated heterocycles. The maximum Gasteiger partial charge on any atom is 0.321 e. The van der Waals surface area contributed by atoms with Crippen LogP contribution in [0.25, 0.3) is 10.6 Å². The maximum absolute atomic E-state index is 12.4. The first-order valence-corrected chi connectivity index (χ1v) is 11.6. The van der Waals surface area contributed by atoms with Gasteiger partial charge in [-0.1, -0.05) is 0 Å². The summed E-state index contributed by atoms with van der Waals surface area (Å²) >= 11 is 1.60. The molecule has 1 heterocycles. The molecule has 4 aliphatic carbocycles. The number of amides is 3. The molecule has 4 bridgehead atoms. The molecule has 6 rings (SSSR count). The first-order valence-electron chi connectivity index (χ1n) is 10.7. The van der Waals surface area contributed by atoms with Crippen molar-refractivity contribution < 1.29 is 14.3 Å². The molecule has 4 fully saturated rings. The molecule has 2 N–H and O–H groups in total. The average Bonchev–Trinajstić information content (AvgIpc) is 3.11. The monoisotopic (exact) mass is 425 g/mol. The van der Waals surface area contributed by atoms with E-state index in [4.69, 9.17) is 4.74 Å². The van der Waals surface area contributed by atoms with Crippen molar-refractivity contribution in [2.24, 2.45) is 17.8 Å². The van der Waals surface area contributed by atoms with Gasteiger partial charge in [-0.05, 0) is 87.5 Å². The average molecular weight is 426 g/mol. The second kappa shape index (κ2) is 7.69. The Labute approximate surface area is 180 Å². The van der Waals surface area contributed by atoms with Crippen LogP contribution in [-0.4, -0.2) is 29.1 Å². The van der Waals surface area contributed by atoms with Crippen LogP contribution >= 0.6 is 11.3 Å². The van der Waals surface area contributed by atoms with Crippen molar-refractivity contribution in [1.29, 1.82) is 0 Å². The van der Waals surface area contributed by atoms with Gasteiger partial charge in [0.25, 0.3) is 5.91 Å². The van der Waals surface area contributed by atoms with Crippen molar-refractivity contribution in [3.8, 4) is 16.3 Å². The summed E-state index contributed by atoms with van der Waals surface area (Å²) in [4.78, 5) is 29.1. The summed E-state index contributed by atoms with van der Waals surface area (Å²) < 4.78 is 5.55. The van der Waals surface area contributed by atoms with Gasteiger partial charge in [0.2, 0.25) is 0 Å². The summed E-state index contributed by atoms with van der Waals surface area (Å²) in [5, 5.41) is 8.56. The lowest BCUT2D eigenvalue weighted by atomic mass is 9.53. The van der Waals surface area contributed by atoms with E-state index in [0.29, 0.717) is 5.75 Å². The van der Waals surface area contributed by atoms with Gasteiger partial charge in [0.05, 0.1) is 0 Å². The van der Waals surface area contributed by atoms with Crippen LogP contribution in [-0.2, 0) is 4.79 Å². The number of imide groups is 1. The predicted octanol–water partition coefficient (Wildman–Crippen LogP) is 4.29. The van der Waals surface area contributed by atoms with Crippen LogP contribution in [0.4, 0.5) is 4.79 Å². The molecule has 30 heavy (non-hydrogen) atoms. The normalized spacial score (nSPS) is 28.9. The Balaban J connectivity index is 1.11. The number of rotatable bonds is 5. The van der Waals surface area contributed by atoms with Crippen LogP contribution in [0.1, 0.15) is 44.2 Å². The standard InChI is InChI=1S/C23H27N3O3S/c1-14-13-30-21(24-14)18-2-4-19(5-3-18)29-12-20(27)25-22(28)26-23-9-15-6-16(10-23)8-17(7-15)11-23/h2-5,13,15-17H,6-12H2,1H3,(H2,25,26,27,28). The molecular formula is C23H27N3O3S. The lowest BCUT2D eigenvalue weighted by Gasteiger charge is -2.56. The highest BCUT2D eigenvalue weighted by Gasteiger charge is 2.51. The van der Waals surface area contributed by atoms with E-state index in [1.807, 2.05) is 36.6 Å². The molecule has 1 aromatic carbocycles. The number of aromatic nitrogens is 1. The minimum absolute atomic E-state index is 0.107. The van der Waals surface area contributed by atoms with Gasteiger partial charge in [0, 0.05) is 22.2 Å². The van der Waals surface area contributed by atoms with Gasteiger partial charge < -0.3 is 10.1 Å². The Hall–Kier alpha value is -2.41. The van der Waals surface area contributed by atoms with Gasteiger partial charge in [-0.25, -0.2) is 9.78 Å². The SMILES string of the molecule is Cc1csc(-c2ccc(OCC(=O)NC(=O)NC34CC5CC(CC(C5)C3)C4)cc2)n1. The molecule has 0 unspecified atom stereocenters. The smallest absolute Gasteiger partial charge is 0.321 e. The van der Waals surface area contributed by atoms with Gasteiger partial charge in [-0.2, -0.15) is 0 Å². The summed E-state index contributed by atoms with van der Waals surface area (Å²) in [6.07, 6.45) is 7.12. The third-order valence-corrected chi connectivity index (χ3v) is 7.77. The fourth-order valence-corrected chi connectivity index (χ4v) is 6.83. The summed E-state index contributed by atoms with van der Waals surface area (Å²) in [6, 6.07) is 7.08. The van der Waals surface area contributed by atoms with Crippen LogP contribution in [0.15, 0.2) is 29.6 Å². The zero-order valence-corrected chi connectivity index (χ0v) is 18.0. The molecule has 158 valence electrons. The van der Waals surface area contributed by atoms with Crippen LogP contribution in [0.2, 0.25) is 0 Å². The Morgan fingerprint density at radius 2 is 1.73 bits per heavy atom. The molecule has 0 aliphatic heterocycles. The van der Waals surface area contributed by atoms with E-state index in [2.05, 4.69) is 15.6 Å². The molecule has 7 heteroatoms. The zero-order valence-electron chi connectivity index (χ0n) is 17.1. The van der Waals surface area contributed by atoms with Crippen LogP contribution in [0, 0.1) is 24.7 Å². The zero-order chi connectivity index (χ0) is 20.7. The van der Waals surface area contributed by atoms with Crippen molar-refractivity contribution in [3.63, 3.8) is 0 Å². The van der Waals surface area contributed by atoms with Crippen molar-refractivity contribution in [2.45, 2.75) is 51.0 Å². The molecule has 4 saturated carbocycles. The number of hydrogen-bond acceptors (Lipinski definition) is 5. The van der Waals surface area contributed by atoms with E-state index in [1.54, 1.807) is 11.3 Å². The van der Waals surface area contributed by atoms with Crippen molar-refractivity contribution >= 4 is 23.3 Å². The fourth-order valence-electron chi connectivity index (χ4n) is 6.03. The number of benzene rings is 1.